The average Bonchev–Trinajstić information content (AvgIpc) is 3.11. The first-order chi connectivity index (χ1) is 12.7. The van der Waals surface area contributed by atoms with Crippen molar-refractivity contribution < 1.29 is 13.9 Å². The van der Waals surface area contributed by atoms with Crippen LogP contribution in [-0.4, -0.2) is 38.8 Å². The zero-order chi connectivity index (χ0) is 17.9. The molecule has 2 heterocycles. The Morgan fingerprint density at radius 1 is 1.04 bits per heavy atom. The molecule has 1 fully saturated rings. The molecule has 136 valence electrons. The van der Waals surface area contributed by atoms with Crippen molar-refractivity contribution in [3.05, 3.63) is 59.4 Å². The molecular formula is C21H23FN2O2. The highest BCUT2D eigenvalue weighted by atomic mass is 19.1. The molecule has 1 saturated heterocycles. The van der Waals surface area contributed by atoms with E-state index in [1.807, 2.05) is 4.90 Å². The Labute approximate surface area is 153 Å². The minimum atomic E-state index is -0.246. The molecule has 0 spiro atoms. The first kappa shape index (κ1) is 17.0. The number of carbonyl (C=O) groups is 1. The molecule has 0 radical (unpaired) electrons. The number of amides is 1. The Morgan fingerprint density at radius 2 is 1.81 bits per heavy atom. The lowest BCUT2D eigenvalue weighted by Gasteiger charge is -2.29. The van der Waals surface area contributed by atoms with Gasteiger partial charge >= 0.3 is 0 Å². The third-order valence-corrected chi connectivity index (χ3v) is 5.18. The number of rotatable bonds is 4. The van der Waals surface area contributed by atoms with Crippen LogP contribution in [0, 0.1) is 5.82 Å². The van der Waals surface area contributed by atoms with E-state index in [0.29, 0.717) is 12.8 Å². The van der Waals surface area contributed by atoms with Crippen molar-refractivity contribution in [2.75, 3.05) is 42.6 Å². The van der Waals surface area contributed by atoms with E-state index in [2.05, 4.69) is 23.1 Å². The minimum absolute atomic E-state index is 0.132. The maximum Gasteiger partial charge on any atom is 0.227 e. The van der Waals surface area contributed by atoms with E-state index in [0.717, 1.165) is 50.5 Å². The van der Waals surface area contributed by atoms with Crippen LogP contribution in [0.3, 0.4) is 0 Å². The van der Waals surface area contributed by atoms with Crippen LogP contribution >= 0.6 is 0 Å². The van der Waals surface area contributed by atoms with Crippen LogP contribution in [0.25, 0.3) is 0 Å². The predicted molar refractivity (Wildman–Crippen MR) is 100 cm³/mol. The molecule has 0 N–H and O–H groups in total. The van der Waals surface area contributed by atoms with E-state index in [9.17, 15) is 9.18 Å². The second-order valence-corrected chi connectivity index (χ2v) is 6.83. The zero-order valence-electron chi connectivity index (χ0n) is 14.8. The second kappa shape index (κ2) is 7.46. The summed E-state index contributed by atoms with van der Waals surface area (Å²) in [5.41, 5.74) is 4.48. The van der Waals surface area contributed by atoms with E-state index in [1.54, 1.807) is 12.1 Å². The van der Waals surface area contributed by atoms with Crippen LogP contribution in [0.5, 0.6) is 0 Å². The molecule has 4 nitrogen and oxygen atoms in total. The smallest absolute Gasteiger partial charge is 0.227 e. The van der Waals surface area contributed by atoms with Gasteiger partial charge in [-0.05, 0) is 54.3 Å². The van der Waals surface area contributed by atoms with Crippen molar-refractivity contribution in [1.29, 1.82) is 0 Å². The topological polar surface area (TPSA) is 32.8 Å². The van der Waals surface area contributed by atoms with Crippen LogP contribution < -0.4 is 9.80 Å². The molecule has 5 heteroatoms. The third kappa shape index (κ3) is 3.58. The molecule has 0 unspecified atom stereocenters. The summed E-state index contributed by atoms with van der Waals surface area (Å²) in [4.78, 5) is 16.9. The van der Waals surface area contributed by atoms with Crippen LogP contribution in [0.15, 0.2) is 42.5 Å². The maximum absolute atomic E-state index is 13.0. The molecule has 2 aromatic carbocycles. The Hall–Kier alpha value is -2.40. The third-order valence-electron chi connectivity index (χ3n) is 5.18. The number of hydrogen-bond acceptors (Lipinski definition) is 3. The summed E-state index contributed by atoms with van der Waals surface area (Å²) < 4.78 is 18.4. The highest BCUT2D eigenvalue weighted by molar-refractivity contribution is 5.95. The molecule has 2 aliphatic rings. The van der Waals surface area contributed by atoms with E-state index in [4.69, 9.17) is 4.74 Å². The number of benzene rings is 2. The highest BCUT2D eigenvalue weighted by Crippen LogP contribution is 2.32. The van der Waals surface area contributed by atoms with Gasteiger partial charge in [-0.15, -0.1) is 0 Å². The fourth-order valence-corrected chi connectivity index (χ4v) is 3.70. The molecule has 2 aromatic rings. The minimum Gasteiger partial charge on any atom is -0.378 e. The highest BCUT2D eigenvalue weighted by Gasteiger charge is 2.25. The van der Waals surface area contributed by atoms with E-state index < -0.39 is 0 Å². The second-order valence-electron chi connectivity index (χ2n) is 6.83. The molecule has 0 bridgehead atoms. The maximum atomic E-state index is 13.0. The normalized spacial score (nSPS) is 16.7. The number of hydrogen-bond donors (Lipinski definition) is 0. The van der Waals surface area contributed by atoms with Crippen molar-refractivity contribution in [3.8, 4) is 0 Å². The average molecular weight is 354 g/mol. The summed E-state index contributed by atoms with van der Waals surface area (Å²) in [7, 11) is 0. The van der Waals surface area contributed by atoms with Crippen LogP contribution in [0.2, 0.25) is 0 Å². The molecule has 1 amide bonds. The van der Waals surface area contributed by atoms with Crippen molar-refractivity contribution in [3.63, 3.8) is 0 Å². The van der Waals surface area contributed by atoms with Crippen molar-refractivity contribution in [2.24, 2.45) is 0 Å². The Morgan fingerprint density at radius 3 is 2.58 bits per heavy atom. The van der Waals surface area contributed by atoms with E-state index in [-0.39, 0.29) is 11.7 Å². The number of anilines is 2. The molecule has 0 atom stereocenters. The van der Waals surface area contributed by atoms with E-state index >= 15 is 0 Å². The number of carbonyl (C=O) groups excluding carboxylic acids is 1. The van der Waals surface area contributed by atoms with Gasteiger partial charge in [0.05, 0.1) is 13.2 Å². The molecule has 0 aliphatic carbocycles. The molecular weight excluding hydrogens is 331 g/mol. The number of aryl methyl sites for hydroxylation is 1. The summed E-state index contributed by atoms with van der Waals surface area (Å²) in [6, 6.07) is 12.8. The molecule has 2 aliphatic heterocycles. The van der Waals surface area contributed by atoms with Gasteiger partial charge in [0.2, 0.25) is 5.91 Å². The summed E-state index contributed by atoms with van der Waals surface area (Å²) in [5, 5.41) is 0. The zero-order valence-corrected chi connectivity index (χ0v) is 14.8. The largest absolute Gasteiger partial charge is 0.378 e. The van der Waals surface area contributed by atoms with Crippen LogP contribution in [0.4, 0.5) is 15.8 Å². The number of halogens is 1. The first-order valence-electron chi connectivity index (χ1n) is 9.21. The molecule has 4 rings (SSSR count). The Bertz CT molecular complexity index is 785. The van der Waals surface area contributed by atoms with Gasteiger partial charge < -0.3 is 14.5 Å². The van der Waals surface area contributed by atoms with Crippen molar-refractivity contribution in [1.82, 2.24) is 0 Å². The molecule has 26 heavy (non-hydrogen) atoms. The van der Waals surface area contributed by atoms with Gasteiger partial charge in [0, 0.05) is 37.4 Å². The molecule has 0 aromatic heterocycles. The quantitative estimate of drug-likeness (QED) is 0.845. The van der Waals surface area contributed by atoms with Gasteiger partial charge in [0.1, 0.15) is 5.82 Å². The lowest BCUT2D eigenvalue weighted by Crippen LogP contribution is -2.36. The Kier molecular flexibility index (Phi) is 4.89. The predicted octanol–water partition coefficient (Wildman–Crippen LogP) is 3.18. The fourth-order valence-electron chi connectivity index (χ4n) is 3.70. The lowest BCUT2D eigenvalue weighted by atomic mass is 10.1. The summed E-state index contributed by atoms with van der Waals surface area (Å²) in [6.45, 7) is 4.11. The van der Waals surface area contributed by atoms with Gasteiger partial charge in [-0.2, -0.15) is 0 Å². The van der Waals surface area contributed by atoms with Crippen LogP contribution in [0.1, 0.15) is 17.5 Å². The van der Waals surface area contributed by atoms with Gasteiger partial charge in [-0.3, -0.25) is 4.79 Å². The monoisotopic (exact) mass is 354 g/mol. The van der Waals surface area contributed by atoms with Gasteiger partial charge in [-0.1, -0.05) is 12.1 Å². The summed E-state index contributed by atoms with van der Waals surface area (Å²) in [5.74, 6) is -0.114. The van der Waals surface area contributed by atoms with Gasteiger partial charge in [0.25, 0.3) is 0 Å². The lowest BCUT2D eigenvalue weighted by molar-refractivity contribution is -0.118. The SMILES string of the molecule is O=C(CCc1ccc(F)cc1)N1CCc2cc(N3CCOCC3)ccc21. The van der Waals surface area contributed by atoms with Gasteiger partial charge in [0.15, 0.2) is 0 Å². The number of morpholine rings is 1. The Balaban J connectivity index is 1.41. The van der Waals surface area contributed by atoms with Crippen LogP contribution in [-0.2, 0) is 22.4 Å². The van der Waals surface area contributed by atoms with Crippen molar-refractivity contribution >= 4 is 17.3 Å². The summed E-state index contributed by atoms with van der Waals surface area (Å²) >= 11 is 0. The van der Waals surface area contributed by atoms with E-state index in [1.165, 1.54) is 23.4 Å². The van der Waals surface area contributed by atoms with Gasteiger partial charge in [-0.25, -0.2) is 4.39 Å². The number of nitrogens with zero attached hydrogens (tertiary/aromatic N) is 2. The molecule has 0 saturated carbocycles. The van der Waals surface area contributed by atoms with Crippen molar-refractivity contribution in [2.45, 2.75) is 19.3 Å². The first-order valence-corrected chi connectivity index (χ1v) is 9.21. The number of fused-ring (bicyclic) bond motifs is 1. The standard InChI is InChI=1S/C21H23FN2O2/c22-18-4-1-16(2-5-18)3-8-21(25)24-10-9-17-15-19(6-7-20(17)24)23-11-13-26-14-12-23/h1-2,4-7,15H,3,8-14H2. The number of ether oxygens (including phenoxy) is 1. The fraction of sp³-hybridized carbons (Fsp3) is 0.381. The summed E-state index contributed by atoms with van der Waals surface area (Å²) in [6.07, 6.45) is 1.98.